The quantitative estimate of drug-likeness (QED) is 0.238. The van der Waals surface area contributed by atoms with E-state index in [1.54, 1.807) is 10.9 Å². The number of aryl methyl sites for hydroxylation is 1. The summed E-state index contributed by atoms with van der Waals surface area (Å²) < 4.78 is 7.67. The van der Waals surface area contributed by atoms with E-state index in [4.69, 9.17) is 5.73 Å². The molecule has 15 heteroatoms. The SMILES string of the molecule is Cn1cnnc1SCc1c(C(=O)N/N=C\c2ccsc2)nnn1-c1nonc1N. The number of hydrogen-bond acceptors (Lipinski definition) is 12. The molecule has 0 atom stereocenters. The van der Waals surface area contributed by atoms with Gasteiger partial charge in [-0.1, -0.05) is 17.0 Å². The van der Waals surface area contributed by atoms with Gasteiger partial charge in [0, 0.05) is 18.4 Å². The van der Waals surface area contributed by atoms with Gasteiger partial charge in [-0.25, -0.2) is 10.1 Å². The molecule has 1 amide bonds. The number of carbonyl (C=O) groups excluding carboxylic acids is 1. The van der Waals surface area contributed by atoms with Crippen LogP contribution in [0.25, 0.3) is 5.82 Å². The zero-order chi connectivity index (χ0) is 20.2. The first kappa shape index (κ1) is 18.8. The van der Waals surface area contributed by atoms with Crippen molar-refractivity contribution in [3.05, 3.63) is 40.1 Å². The van der Waals surface area contributed by atoms with Gasteiger partial charge < -0.3 is 10.3 Å². The summed E-state index contributed by atoms with van der Waals surface area (Å²) in [5, 5.41) is 31.4. The molecule has 29 heavy (non-hydrogen) atoms. The summed E-state index contributed by atoms with van der Waals surface area (Å²) in [5.74, 6) is -0.108. The van der Waals surface area contributed by atoms with Gasteiger partial charge in [0.05, 0.1) is 11.9 Å². The molecular weight excluding hydrogens is 418 g/mol. The average molecular weight is 431 g/mol. The average Bonchev–Trinajstić information content (AvgIpc) is 3.48. The molecule has 0 unspecified atom stereocenters. The van der Waals surface area contributed by atoms with Crippen LogP contribution in [0.1, 0.15) is 21.7 Å². The van der Waals surface area contributed by atoms with Crippen molar-refractivity contribution in [3.8, 4) is 5.82 Å². The van der Waals surface area contributed by atoms with E-state index in [1.165, 1.54) is 34.0 Å². The smallest absolute Gasteiger partial charge is 0.293 e. The Balaban J connectivity index is 1.60. The first-order valence-corrected chi connectivity index (χ1v) is 9.91. The van der Waals surface area contributed by atoms with Crippen molar-refractivity contribution in [3.63, 3.8) is 0 Å². The van der Waals surface area contributed by atoms with E-state index in [0.717, 1.165) is 5.56 Å². The molecule has 4 aromatic heterocycles. The number of thioether (sulfide) groups is 1. The first-order valence-electron chi connectivity index (χ1n) is 7.99. The predicted molar refractivity (Wildman–Crippen MR) is 104 cm³/mol. The van der Waals surface area contributed by atoms with E-state index >= 15 is 0 Å². The number of nitrogens with two attached hydrogens (primary N) is 1. The molecule has 13 nitrogen and oxygen atoms in total. The molecular formula is C14H13N11O2S2. The Morgan fingerprint density at radius 1 is 1.45 bits per heavy atom. The van der Waals surface area contributed by atoms with Crippen LogP contribution in [0.15, 0.2) is 38.0 Å². The topological polar surface area (TPSA) is 168 Å². The lowest BCUT2D eigenvalue weighted by atomic mass is 10.3. The van der Waals surface area contributed by atoms with Crippen molar-refractivity contribution < 1.29 is 9.42 Å². The van der Waals surface area contributed by atoms with Crippen molar-refractivity contribution in [1.82, 2.24) is 45.5 Å². The van der Waals surface area contributed by atoms with Crippen molar-refractivity contribution in [2.24, 2.45) is 12.1 Å². The monoisotopic (exact) mass is 431 g/mol. The number of thiophene rings is 1. The van der Waals surface area contributed by atoms with Gasteiger partial charge in [0.1, 0.15) is 6.33 Å². The molecule has 4 aromatic rings. The second-order valence-electron chi connectivity index (χ2n) is 5.54. The minimum atomic E-state index is -0.536. The Morgan fingerprint density at radius 2 is 2.34 bits per heavy atom. The maximum Gasteiger partial charge on any atom is 0.293 e. The lowest BCUT2D eigenvalue weighted by molar-refractivity contribution is 0.0949. The first-order chi connectivity index (χ1) is 14.1. The predicted octanol–water partition coefficient (Wildman–Crippen LogP) is 0.479. The van der Waals surface area contributed by atoms with Crippen LogP contribution in [0, 0.1) is 0 Å². The molecule has 0 aliphatic rings. The number of anilines is 1. The van der Waals surface area contributed by atoms with Gasteiger partial charge in [0.2, 0.25) is 11.6 Å². The highest BCUT2D eigenvalue weighted by Crippen LogP contribution is 2.24. The van der Waals surface area contributed by atoms with Crippen LogP contribution >= 0.6 is 23.1 Å². The van der Waals surface area contributed by atoms with Crippen LogP contribution in [0.5, 0.6) is 0 Å². The van der Waals surface area contributed by atoms with Gasteiger partial charge >= 0.3 is 0 Å². The van der Waals surface area contributed by atoms with Crippen molar-refractivity contribution in [1.29, 1.82) is 0 Å². The summed E-state index contributed by atoms with van der Waals surface area (Å²) in [6.07, 6.45) is 3.11. The van der Waals surface area contributed by atoms with Crippen molar-refractivity contribution >= 4 is 41.0 Å². The third-order valence-electron chi connectivity index (χ3n) is 3.61. The number of hydrazone groups is 1. The van der Waals surface area contributed by atoms with Crippen molar-refractivity contribution in [2.45, 2.75) is 10.9 Å². The molecule has 0 fully saturated rings. The standard InChI is InChI=1S/C14H13N11O2S2/c1-24-7-17-20-14(24)29-6-9-10(13(26)19-16-4-8-2-3-28-5-8)18-23-25(9)12-11(15)21-27-22-12/h2-5,7H,6H2,1H3,(H2,15,21)(H,19,26)/b16-4-. The molecule has 4 heterocycles. The molecule has 148 valence electrons. The maximum absolute atomic E-state index is 12.6. The van der Waals surface area contributed by atoms with Crippen LogP contribution in [0.3, 0.4) is 0 Å². The summed E-state index contributed by atoms with van der Waals surface area (Å²) >= 11 is 2.86. The molecule has 0 saturated heterocycles. The highest BCUT2D eigenvalue weighted by molar-refractivity contribution is 7.98. The van der Waals surface area contributed by atoms with Gasteiger partial charge in [0.25, 0.3) is 5.91 Å². The molecule has 0 aromatic carbocycles. The van der Waals surface area contributed by atoms with Gasteiger partial charge in [-0.15, -0.1) is 15.3 Å². The summed E-state index contributed by atoms with van der Waals surface area (Å²) in [7, 11) is 1.81. The normalized spacial score (nSPS) is 11.3. The molecule has 0 radical (unpaired) electrons. The Kier molecular flexibility index (Phi) is 5.30. The number of hydrogen-bond donors (Lipinski definition) is 2. The third-order valence-corrected chi connectivity index (χ3v) is 5.35. The van der Waals surface area contributed by atoms with Crippen LogP contribution < -0.4 is 11.2 Å². The fraction of sp³-hybridized carbons (Fsp3) is 0.143. The number of nitrogens with zero attached hydrogens (tertiary/aromatic N) is 9. The Morgan fingerprint density at radius 3 is 3.03 bits per heavy atom. The highest BCUT2D eigenvalue weighted by Gasteiger charge is 2.24. The number of carbonyl (C=O) groups is 1. The number of amides is 1. The second kappa shape index (κ2) is 8.19. The Bertz CT molecular complexity index is 1140. The summed E-state index contributed by atoms with van der Waals surface area (Å²) in [4.78, 5) is 12.6. The molecule has 0 aliphatic carbocycles. The summed E-state index contributed by atoms with van der Waals surface area (Å²) in [6, 6.07) is 1.87. The van der Waals surface area contributed by atoms with Gasteiger partial charge in [-0.3, -0.25) is 4.79 Å². The molecule has 0 aliphatic heterocycles. The zero-order valence-electron chi connectivity index (χ0n) is 14.8. The molecule has 3 N–H and O–H groups in total. The highest BCUT2D eigenvalue weighted by atomic mass is 32.2. The van der Waals surface area contributed by atoms with E-state index in [2.05, 4.69) is 46.0 Å². The number of nitrogen functional groups attached to an aromatic ring is 1. The number of nitrogens with one attached hydrogen (secondary N) is 1. The molecule has 0 bridgehead atoms. The minimum Gasteiger partial charge on any atom is -0.378 e. The molecule has 0 saturated carbocycles. The fourth-order valence-electron chi connectivity index (χ4n) is 2.22. The van der Waals surface area contributed by atoms with Gasteiger partial charge in [-0.2, -0.15) is 21.1 Å². The number of rotatable bonds is 7. The summed E-state index contributed by atoms with van der Waals surface area (Å²) in [5.41, 5.74) is 9.56. The zero-order valence-corrected chi connectivity index (χ0v) is 16.5. The Labute approximate surface area is 171 Å². The van der Waals surface area contributed by atoms with Crippen molar-refractivity contribution in [2.75, 3.05) is 5.73 Å². The van der Waals surface area contributed by atoms with E-state index < -0.39 is 5.91 Å². The van der Waals surface area contributed by atoms with Crippen LogP contribution in [0.2, 0.25) is 0 Å². The fourth-order valence-corrected chi connectivity index (χ4v) is 3.71. The molecule has 0 spiro atoms. The van der Waals surface area contributed by atoms with E-state index in [1.807, 2.05) is 23.9 Å². The maximum atomic E-state index is 12.6. The molecule has 4 rings (SSSR count). The van der Waals surface area contributed by atoms with Crippen LogP contribution in [-0.2, 0) is 12.8 Å². The van der Waals surface area contributed by atoms with E-state index in [9.17, 15) is 4.79 Å². The van der Waals surface area contributed by atoms with E-state index in [-0.39, 0.29) is 23.1 Å². The second-order valence-corrected chi connectivity index (χ2v) is 7.26. The summed E-state index contributed by atoms with van der Waals surface area (Å²) in [6.45, 7) is 0. The lowest BCUT2D eigenvalue weighted by Gasteiger charge is -2.05. The minimum absolute atomic E-state index is 0.0160. The van der Waals surface area contributed by atoms with Crippen LogP contribution in [0.4, 0.5) is 5.82 Å². The van der Waals surface area contributed by atoms with Gasteiger partial charge in [-0.05, 0) is 27.1 Å². The van der Waals surface area contributed by atoms with E-state index in [0.29, 0.717) is 10.9 Å². The van der Waals surface area contributed by atoms with Gasteiger partial charge in [0.15, 0.2) is 10.9 Å². The third kappa shape index (κ3) is 3.99. The van der Waals surface area contributed by atoms with Crippen LogP contribution in [-0.4, -0.2) is 52.2 Å². The number of aromatic nitrogens is 8. The lowest BCUT2D eigenvalue weighted by Crippen LogP contribution is -2.20. The largest absolute Gasteiger partial charge is 0.378 e. The Hall–Kier alpha value is -3.59.